The molecule has 2 atom stereocenters. The minimum atomic E-state index is -0.705. The van der Waals surface area contributed by atoms with Gasteiger partial charge >= 0.3 is 5.97 Å². The quantitative estimate of drug-likeness (QED) is 0.665. The number of carbonyl (C=O) groups is 1. The van der Waals surface area contributed by atoms with Gasteiger partial charge in [0.05, 0.1) is 5.92 Å². The lowest BCUT2D eigenvalue weighted by atomic mass is 9.95. The first-order chi connectivity index (χ1) is 5.97. The van der Waals surface area contributed by atoms with Gasteiger partial charge in [-0.1, -0.05) is 20.8 Å². The van der Waals surface area contributed by atoms with Gasteiger partial charge < -0.3 is 10.4 Å². The molecule has 0 heterocycles. The molecule has 0 radical (unpaired) electrons. The van der Waals surface area contributed by atoms with E-state index in [1.807, 2.05) is 7.05 Å². The number of hydrogen-bond acceptors (Lipinski definition) is 2. The van der Waals surface area contributed by atoms with Crippen LogP contribution in [0.4, 0.5) is 0 Å². The SMILES string of the molecule is CNC(CC(C)C)CC(C)C(=O)O. The summed E-state index contributed by atoms with van der Waals surface area (Å²) in [6.45, 7) is 6.05. The van der Waals surface area contributed by atoms with E-state index < -0.39 is 5.97 Å². The van der Waals surface area contributed by atoms with Gasteiger partial charge in [0.1, 0.15) is 0 Å². The van der Waals surface area contributed by atoms with Crippen molar-refractivity contribution in [2.45, 2.75) is 39.7 Å². The normalized spacial score (nSPS) is 15.8. The van der Waals surface area contributed by atoms with Gasteiger partial charge in [0.2, 0.25) is 0 Å². The molecular formula is C10H21NO2. The predicted octanol–water partition coefficient (Wildman–Crippen LogP) is 1.73. The van der Waals surface area contributed by atoms with Crippen LogP contribution in [0, 0.1) is 11.8 Å². The second-order valence-corrected chi connectivity index (χ2v) is 4.09. The lowest BCUT2D eigenvalue weighted by Crippen LogP contribution is -2.30. The average Bonchev–Trinajstić information content (AvgIpc) is 2.02. The van der Waals surface area contributed by atoms with Crippen molar-refractivity contribution in [2.75, 3.05) is 7.05 Å². The third-order valence-electron chi connectivity index (χ3n) is 2.22. The number of hydrogen-bond donors (Lipinski definition) is 2. The van der Waals surface area contributed by atoms with Crippen LogP contribution in [0.15, 0.2) is 0 Å². The standard InChI is InChI=1S/C10H21NO2/c1-7(2)5-9(11-4)6-8(3)10(12)13/h7-9,11H,5-6H2,1-4H3,(H,12,13). The van der Waals surface area contributed by atoms with E-state index in [0.717, 1.165) is 6.42 Å². The summed E-state index contributed by atoms with van der Waals surface area (Å²) in [6, 6.07) is 0.325. The smallest absolute Gasteiger partial charge is 0.306 e. The van der Waals surface area contributed by atoms with Gasteiger partial charge in [-0.15, -0.1) is 0 Å². The summed E-state index contributed by atoms with van der Waals surface area (Å²) in [5.74, 6) is -0.348. The van der Waals surface area contributed by atoms with Crippen LogP contribution in [-0.2, 0) is 4.79 Å². The fourth-order valence-corrected chi connectivity index (χ4v) is 1.43. The largest absolute Gasteiger partial charge is 0.481 e. The van der Waals surface area contributed by atoms with E-state index >= 15 is 0 Å². The summed E-state index contributed by atoms with van der Waals surface area (Å²) >= 11 is 0. The Bertz CT molecular complexity index is 157. The topological polar surface area (TPSA) is 49.3 Å². The Morgan fingerprint density at radius 2 is 1.85 bits per heavy atom. The van der Waals surface area contributed by atoms with Crippen molar-refractivity contribution in [3.8, 4) is 0 Å². The molecule has 0 aromatic heterocycles. The Hall–Kier alpha value is -0.570. The van der Waals surface area contributed by atoms with Gasteiger partial charge in [-0.25, -0.2) is 0 Å². The van der Waals surface area contributed by atoms with Crippen molar-refractivity contribution in [1.82, 2.24) is 5.32 Å². The van der Waals surface area contributed by atoms with E-state index in [4.69, 9.17) is 5.11 Å². The molecule has 78 valence electrons. The molecule has 13 heavy (non-hydrogen) atoms. The molecule has 0 bridgehead atoms. The van der Waals surface area contributed by atoms with Crippen molar-refractivity contribution in [3.05, 3.63) is 0 Å². The van der Waals surface area contributed by atoms with Crippen LogP contribution in [0.25, 0.3) is 0 Å². The maximum Gasteiger partial charge on any atom is 0.306 e. The molecular weight excluding hydrogens is 166 g/mol. The Labute approximate surface area is 80.5 Å². The van der Waals surface area contributed by atoms with E-state index in [9.17, 15) is 4.79 Å². The predicted molar refractivity (Wildman–Crippen MR) is 53.7 cm³/mol. The van der Waals surface area contributed by atoms with Crippen LogP contribution in [0.3, 0.4) is 0 Å². The van der Waals surface area contributed by atoms with Crippen LogP contribution in [0.1, 0.15) is 33.6 Å². The van der Waals surface area contributed by atoms with Crippen LogP contribution in [-0.4, -0.2) is 24.2 Å². The molecule has 0 rings (SSSR count). The number of carboxylic acid groups (broad SMARTS) is 1. The summed E-state index contributed by atoms with van der Waals surface area (Å²) in [5.41, 5.74) is 0. The summed E-state index contributed by atoms with van der Waals surface area (Å²) in [4.78, 5) is 10.6. The van der Waals surface area contributed by atoms with E-state index in [2.05, 4.69) is 19.2 Å². The third-order valence-corrected chi connectivity index (χ3v) is 2.22. The van der Waals surface area contributed by atoms with E-state index in [-0.39, 0.29) is 5.92 Å². The summed E-state index contributed by atoms with van der Waals surface area (Å²) < 4.78 is 0. The molecule has 2 unspecified atom stereocenters. The summed E-state index contributed by atoms with van der Waals surface area (Å²) in [7, 11) is 1.89. The van der Waals surface area contributed by atoms with Crippen LogP contribution < -0.4 is 5.32 Å². The molecule has 0 aromatic carbocycles. The zero-order valence-corrected chi connectivity index (χ0v) is 9.00. The van der Waals surface area contributed by atoms with Crippen molar-refractivity contribution in [1.29, 1.82) is 0 Å². The second-order valence-electron chi connectivity index (χ2n) is 4.09. The van der Waals surface area contributed by atoms with Crippen molar-refractivity contribution < 1.29 is 9.90 Å². The fraction of sp³-hybridized carbons (Fsp3) is 0.900. The highest BCUT2D eigenvalue weighted by molar-refractivity contribution is 5.69. The average molecular weight is 187 g/mol. The van der Waals surface area contributed by atoms with E-state index in [0.29, 0.717) is 18.4 Å². The fourth-order valence-electron chi connectivity index (χ4n) is 1.43. The highest BCUT2D eigenvalue weighted by atomic mass is 16.4. The van der Waals surface area contributed by atoms with Crippen molar-refractivity contribution in [3.63, 3.8) is 0 Å². The molecule has 0 saturated heterocycles. The molecule has 0 amide bonds. The summed E-state index contributed by atoms with van der Waals surface area (Å²) in [5, 5.41) is 11.9. The molecule has 0 aliphatic heterocycles. The Morgan fingerprint density at radius 3 is 2.15 bits per heavy atom. The maximum atomic E-state index is 10.6. The van der Waals surface area contributed by atoms with Gasteiger partial charge in [0.25, 0.3) is 0 Å². The Balaban J connectivity index is 3.90. The summed E-state index contributed by atoms with van der Waals surface area (Å²) in [6.07, 6.45) is 1.75. The molecule has 3 heteroatoms. The highest BCUT2D eigenvalue weighted by Gasteiger charge is 2.17. The van der Waals surface area contributed by atoms with Gasteiger partial charge in [-0.2, -0.15) is 0 Å². The zero-order valence-electron chi connectivity index (χ0n) is 9.00. The number of carboxylic acids is 1. The Kier molecular flexibility index (Phi) is 5.71. The first-order valence-corrected chi connectivity index (χ1v) is 4.87. The molecule has 0 spiro atoms. The zero-order chi connectivity index (χ0) is 10.4. The van der Waals surface area contributed by atoms with Gasteiger partial charge in [0, 0.05) is 6.04 Å². The van der Waals surface area contributed by atoms with Crippen LogP contribution in [0.2, 0.25) is 0 Å². The molecule has 0 aliphatic carbocycles. The van der Waals surface area contributed by atoms with Gasteiger partial charge in [-0.3, -0.25) is 4.79 Å². The first kappa shape index (κ1) is 12.4. The van der Waals surface area contributed by atoms with Crippen LogP contribution >= 0.6 is 0 Å². The minimum absolute atomic E-state index is 0.254. The lowest BCUT2D eigenvalue weighted by molar-refractivity contribution is -0.141. The molecule has 2 N–H and O–H groups in total. The molecule has 0 saturated carbocycles. The highest BCUT2D eigenvalue weighted by Crippen LogP contribution is 2.13. The number of nitrogens with one attached hydrogen (secondary N) is 1. The lowest BCUT2D eigenvalue weighted by Gasteiger charge is -2.20. The molecule has 3 nitrogen and oxygen atoms in total. The molecule has 0 aromatic rings. The van der Waals surface area contributed by atoms with Crippen molar-refractivity contribution >= 4 is 5.97 Å². The monoisotopic (exact) mass is 187 g/mol. The van der Waals surface area contributed by atoms with E-state index in [1.165, 1.54) is 0 Å². The second kappa shape index (κ2) is 5.97. The number of rotatable bonds is 6. The maximum absolute atomic E-state index is 10.6. The van der Waals surface area contributed by atoms with Crippen LogP contribution in [0.5, 0.6) is 0 Å². The van der Waals surface area contributed by atoms with Gasteiger partial charge in [0.15, 0.2) is 0 Å². The van der Waals surface area contributed by atoms with Crippen molar-refractivity contribution in [2.24, 2.45) is 11.8 Å². The molecule has 0 fully saturated rings. The van der Waals surface area contributed by atoms with E-state index in [1.54, 1.807) is 6.92 Å². The minimum Gasteiger partial charge on any atom is -0.481 e. The third kappa shape index (κ3) is 5.64. The van der Waals surface area contributed by atoms with Gasteiger partial charge in [-0.05, 0) is 25.8 Å². The molecule has 0 aliphatic rings. The number of aliphatic carboxylic acids is 1. The Morgan fingerprint density at radius 1 is 1.31 bits per heavy atom. The first-order valence-electron chi connectivity index (χ1n) is 4.87.